The first-order valence-electron chi connectivity index (χ1n) is 7.32. The van der Waals surface area contributed by atoms with Gasteiger partial charge >= 0.3 is 0 Å². The van der Waals surface area contributed by atoms with Crippen LogP contribution in [0.15, 0.2) is 18.2 Å². The largest absolute Gasteiger partial charge is 0.329 e. The van der Waals surface area contributed by atoms with Gasteiger partial charge in [0.05, 0.1) is 0 Å². The first-order valence-corrected chi connectivity index (χ1v) is 7.32. The number of nitrogens with two attached hydrogens (primary N) is 1. The SMILES string of the molecule is CC1(C)CCCN(C(CN)c2cc(F)ccc2F)CC1. The highest BCUT2D eigenvalue weighted by atomic mass is 19.1. The maximum Gasteiger partial charge on any atom is 0.128 e. The molecule has 0 aromatic heterocycles. The summed E-state index contributed by atoms with van der Waals surface area (Å²) in [4.78, 5) is 2.20. The lowest BCUT2D eigenvalue weighted by atomic mass is 9.85. The van der Waals surface area contributed by atoms with Gasteiger partial charge in [0.2, 0.25) is 0 Å². The molecule has 1 aromatic rings. The summed E-state index contributed by atoms with van der Waals surface area (Å²) in [6.45, 7) is 6.60. The molecule has 0 aliphatic carbocycles. The van der Waals surface area contributed by atoms with Crippen LogP contribution in [0, 0.1) is 17.0 Å². The van der Waals surface area contributed by atoms with Crippen molar-refractivity contribution in [2.75, 3.05) is 19.6 Å². The van der Waals surface area contributed by atoms with Crippen LogP contribution in [0.1, 0.15) is 44.7 Å². The quantitative estimate of drug-likeness (QED) is 0.919. The second kappa shape index (κ2) is 6.19. The van der Waals surface area contributed by atoms with Gasteiger partial charge in [0.1, 0.15) is 11.6 Å². The predicted octanol–water partition coefficient (Wildman–Crippen LogP) is 3.48. The van der Waals surface area contributed by atoms with Crippen LogP contribution in [0.3, 0.4) is 0 Å². The lowest BCUT2D eigenvalue weighted by Crippen LogP contribution is -2.35. The summed E-state index contributed by atoms with van der Waals surface area (Å²) in [6, 6.07) is 3.38. The number of hydrogen-bond acceptors (Lipinski definition) is 2. The summed E-state index contributed by atoms with van der Waals surface area (Å²) >= 11 is 0. The van der Waals surface area contributed by atoms with Gasteiger partial charge in [-0.25, -0.2) is 8.78 Å². The lowest BCUT2D eigenvalue weighted by Gasteiger charge is -2.31. The number of halogens is 2. The zero-order valence-corrected chi connectivity index (χ0v) is 12.3. The van der Waals surface area contributed by atoms with Crippen molar-refractivity contribution in [1.29, 1.82) is 0 Å². The van der Waals surface area contributed by atoms with Crippen molar-refractivity contribution in [3.05, 3.63) is 35.4 Å². The fourth-order valence-electron chi connectivity index (χ4n) is 3.00. The number of nitrogens with zero attached hydrogens (tertiary/aromatic N) is 1. The van der Waals surface area contributed by atoms with Gasteiger partial charge in [0, 0.05) is 18.2 Å². The van der Waals surface area contributed by atoms with Crippen molar-refractivity contribution >= 4 is 0 Å². The average molecular weight is 282 g/mol. The minimum atomic E-state index is -0.407. The van der Waals surface area contributed by atoms with Crippen molar-refractivity contribution in [3.63, 3.8) is 0 Å². The highest BCUT2D eigenvalue weighted by Crippen LogP contribution is 2.33. The first kappa shape index (κ1) is 15.4. The van der Waals surface area contributed by atoms with E-state index < -0.39 is 5.82 Å². The third-order valence-corrected chi connectivity index (χ3v) is 4.36. The Balaban J connectivity index is 2.21. The van der Waals surface area contributed by atoms with Gasteiger partial charge in [-0.3, -0.25) is 4.90 Å². The minimum Gasteiger partial charge on any atom is -0.329 e. The standard InChI is InChI=1S/C16H24F2N2/c1-16(2)6-3-8-20(9-7-16)15(11-19)13-10-12(17)4-5-14(13)18/h4-5,10,15H,3,6-9,11,19H2,1-2H3. The molecule has 2 rings (SSSR count). The van der Waals surface area contributed by atoms with Crippen LogP contribution in [0.2, 0.25) is 0 Å². The summed E-state index contributed by atoms with van der Waals surface area (Å²) in [5.41, 5.74) is 6.54. The van der Waals surface area contributed by atoms with Crippen LogP contribution >= 0.6 is 0 Å². The van der Waals surface area contributed by atoms with Gasteiger partial charge in [0.15, 0.2) is 0 Å². The smallest absolute Gasteiger partial charge is 0.128 e. The average Bonchev–Trinajstić information content (AvgIpc) is 2.56. The second-order valence-electron chi connectivity index (χ2n) is 6.47. The molecule has 1 aliphatic rings. The molecule has 0 bridgehead atoms. The molecule has 0 spiro atoms. The van der Waals surface area contributed by atoms with E-state index >= 15 is 0 Å². The van der Waals surface area contributed by atoms with Crippen molar-refractivity contribution in [2.24, 2.45) is 11.1 Å². The molecule has 2 N–H and O–H groups in total. The van der Waals surface area contributed by atoms with Crippen LogP contribution in [-0.2, 0) is 0 Å². The molecule has 0 radical (unpaired) electrons. The fraction of sp³-hybridized carbons (Fsp3) is 0.625. The summed E-state index contributed by atoms with van der Waals surface area (Å²) in [5, 5.41) is 0. The van der Waals surface area contributed by atoms with E-state index in [1.165, 1.54) is 12.1 Å². The molecule has 1 unspecified atom stereocenters. The van der Waals surface area contributed by atoms with Gasteiger partial charge < -0.3 is 5.73 Å². The topological polar surface area (TPSA) is 29.3 Å². The predicted molar refractivity (Wildman–Crippen MR) is 77.4 cm³/mol. The van der Waals surface area contributed by atoms with Gasteiger partial charge in [-0.05, 0) is 56.0 Å². The monoisotopic (exact) mass is 282 g/mol. The zero-order valence-electron chi connectivity index (χ0n) is 12.3. The van der Waals surface area contributed by atoms with Crippen LogP contribution in [0.25, 0.3) is 0 Å². The molecular formula is C16H24F2N2. The Hall–Kier alpha value is -1.00. The number of likely N-dealkylation sites (tertiary alicyclic amines) is 1. The summed E-state index contributed by atoms with van der Waals surface area (Å²) in [7, 11) is 0. The molecule has 0 saturated carbocycles. The van der Waals surface area contributed by atoms with E-state index in [1.807, 2.05) is 0 Å². The zero-order chi connectivity index (χ0) is 14.8. The van der Waals surface area contributed by atoms with Crippen LogP contribution in [0.5, 0.6) is 0 Å². The molecule has 20 heavy (non-hydrogen) atoms. The molecule has 4 heteroatoms. The Morgan fingerprint density at radius 3 is 2.70 bits per heavy atom. The summed E-state index contributed by atoms with van der Waals surface area (Å²) in [5.74, 6) is -0.777. The highest BCUT2D eigenvalue weighted by Gasteiger charge is 2.28. The van der Waals surface area contributed by atoms with Crippen LogP contribution < -0.4 is 5.73 Å². The number of benzene rings is 1. The molecule has 1 fully saturated rings. The molecule has 1 heterocycles. The number of rotatable bonds is 3. The Labute approximate surface area is 120 Å². The van der Waals surface area contributed by atoms with E-state index in [0.29, 0.717) is 17.5 Å². The van der Waals surface area contributed by atoms with E-state index in [1.54, 1.807) is 0 Å². The Bertz CT molecular complexity index is 460. The summed E-state index contributed by atoms with van der Waals surface area (Å²) < 4.78 is 27.4. The van der Waals surface area contributed by atoms with Gasteiger partial charge in [-0.15, -0.1) is 0 Å². The molecule has 1 atom stereocenters. The van der Waals surface area contributed by atoms with Gasteiger partial charge in [0.25, 0.3) is 0 Å². The summed E-state index contributed by atoms with van der Waals surface area (Å²) in [6.07, 6.45) is 3.29. The highest BCUT2D eigenvalue weighted by molar-refractivity contribution is 5.23. The number of hydrogen-bond donors (Lipinski definition) is 1. The van der Waals surface area contributed by atoms with E-state index in [2.05, 4.69) is 18.7 Å². The van der Waals surface area contributed by atoms with E-state index in [9.17, 15) is 8.78 Å². The third kappa shape index (κ3) is 3.55. The first-order chi connectivity index (χ1) is 9.43. The second-order valence-corrected chi connectivity index (χ2v) is 6.47. The van der Waals surface area contributed by atoms with Crippen LogP contribution in [-0.4, -0.2) is 24.5 Å². The Kier molecular flexibility index (Phi) is 4.76. The molecule has 2 nitrogen and oxygen atoms in total. The van der Waals surface area contributed by atoms with Gasteiger partial charge in [-0.1, -0.05) is 13.8 Å². The fourth-order valence-corrected chi connectivity index (χ4v) is 3.00. The van der Waals surface area contributed by atoms with Gasteiger partial charge in [-0.2, -0.15) is 0 Å². The van der Waals surface area contributed by atoms with Crippen LogP contribution in [0.4, 0.5) is 8.78 Å². The molecular weight excluding hydrogens is 258 g/mol. The molecule has 0 amide bonds. The van der Waals surface area contributed by atoms with Crippen molar-refractivity contribution in [1.82, 2.24) is 4.90 Å². The Morgan fingerprint density at radius 2 is 2.00 bits per heavy atom. The van der Waals surface area contributed by atoms with Crippen molar-refractivity contribution in [3.8, 4) is 0 Å². The minimum absolute atomic E-state index is 0.236. The molecule has 112 valence electrons. The van der Waals surface area contributed by atoms with Crippen molar-refractivity contribution < 1.29 is 8.78 Å². The van der Waals surface area contributed by atoms with E-state index in [0.717, 1.165) is 38.4 Å². The third-order valence-electron chi connectivity index (χ3n) is 4.36. The Morgan fingerprint density at radius 1 is 1.25 bits per heavy atom. The lowest BCUT2D eigenvalue weighted by molar-refractivity contribution is 0.196. The van der Waals surface area contributed by atoms with E-state index in [-0.39, 0.29) is 11.9 Å². The maximum atomic E-state index is 14.0. The maximum absolute atomic E-state index is 14.0. The normalized spacial score (nSPS) is 21.4. The molecule has 1 aliphatic heterocycles. The van der Waals surface area contributed by atoms with Crippen molar-refractivity contribution in [2.45, 2.75) is 39.2 Å². The molecule has 1 aromatic carbocycles. The molecule has 1 saturated heterocycles. The van der Waals surface area contributed by atoms with E-state index in [4.69, 9.17) is 5.73 Å².